The summed E-state index contributed by atoms with van der Waals surface area (Å²) in [6.45, 7) is 2.47. The van der Waals surface area contributed by atoms with Crippen LogP contribution in [-0.4, -0.2) is 27.4 Å². The number of aromatic nitrogens is 1. The summed E-state index contributed by atoms with van der Waals surface area (Å²) in [5.41, 5.74) is 0.107. The Labute approximate surface area is 128 Å². The fourth-order valence-corrected chi connectivity index (χ4v) is 3.68. The number of rotatable bonds is 2. The van der Waals surface area contributed by atoms with Gasteiger partial charge in [-0.05, 0) is 30.4 Å². The Kier molecular flexibility index (Phi) is 3.61. The second kappa shape index (κ2) is 5.30. The number of amides is 3. The van der Waals surface area contributed by atoms with Crippen molar-refractivity contribution >= 4 is 23.5 Å². The Balaban J connectivity index is 1.93. The van der Waals surface area contributed by atoms with E-state index >= 15 is 0 Å². The molecule has 1 aromatic heterocycles. The molecular formula is C15H18ClN3O2. The third-order valence-corrected chi connectivity index (χ3v) is 4.90. The van der Waals surface area contributed by atoms with Gasteiger partial charge in [-0.3, -0.25) is 15.1 Å². The van der Waals surface area contributed by atoms with Crippen molar-refractivity contribution in [3.8, 4) is 0 Å². The standard InChI is InChI=1S/C15H18ClN3O2/c1-10-3-2-5-15(7-10)13(20)18-14(21)19(15)9-11-4-6-17-8-12(11)16/h4,6,8,10H,2-3,5,7,9H2,1H3,(H,18,20,21). The van der Waals surface area contributed by atoms with Crippen LogP contribution >= 0.6 is 11.6 Å². The Bertz CT molecular complexity index is 592. The van der Waals surface area contributed by atoms with Crippen LogP contribution < -0.4 is 5.32 Å². The van der Waals surface area contributed by atoms with Gasteiger partial charge in [0, 0.05) is 12.4 Å². The van der Waals surface area contributed by atoms with Crippen molar-refractivity contribution < 1.29 is 9.59 Å². The fourth-order valence-electron chi connectivity index (χ4n) is 3.50. The predicted molar refractivity (Wildman–Crippen MR) is 78.7 cm³/mol. The van der Waals surface area contributed by atoms with Gasteiger partial charge >= 0.3 is 6.03 Å². The van der Waals surface area contributed by atoms with Crippen molar-refractivity contribution in [3.05, 3.63) is 29.0 Å². The average Bonchev–Trinajstić information content (AvgIpc) is 2.65. The molecule has 3 amide bonds. The number of nitrogens with one attached hydrogen (secondary N) is 1. The van der Waals surface area contributed by atoms with Gasteiger partial charge in [0.25, 0.3) is 5.91 Å². The highest BCUT2D eigenvalue weighted by Crippen LogP contribution is 2.40. The maximum Gasteiger partial charge on any atom is 0.325 e. The number of hydrogen-bond acceptors (Lipinski definition) is 3. The first-order chi connectivity index (χ1) is 10.0. The van der Waals surface area contributed by atoms with Crippen LogP contribution in [-0.2, 0) is 11.3 Å². The van der Waals surface area contributed by atoms with Gasteiger partial charge in [0.05, 0.1) is 11.6 Å². The molecule has 0 radical (unpaired) electrons. The maximum absolute atomic E-state index is 12.4. The van der Waals surface area contributed by atoms with Crippen molar-refractivity contribution in [2.75, 3.05) is 0 Å². The van der Waals surface area contributed by atoms with Crippen LogP contribution in [0.2, 0.25) is 5.02 Å². The summed E-state index contributed by atoms with van der Waals surface area (Å²) in [5, 5.41) is 2.99. The van der Waals surface area contributed by atoms with E-state index in [2.05, 4.69) is 17.2 Å². The van der Waals surface area contributed by atoms with E-state index in [4.69, 9.17) is 11.6 Å². The van der Waals surface area contributed by atoms with Gasteiger partial charge < -0.3 is 4.90 Å². The number of nitrogens with zero attached hydrogens (tertiary/aromatic N) is 2. The first-order valence-corrected chi connectivity index (χ1v) is 7.62. The highest BCUT2D eigenvalue weighted by atomic mass is 35.5. The molecule has 2 atom stereocenters. The zero-order valence-electron chi connectivity index (χ0n) is 11.9. The Morgan fingerprint density at radius 2 is 2.33 bits per heavy atom. The van der Waals surface area contributed by atoms with E-state index in [1.54, 1.807) is 23.4 Å². The van der Waals surface area contributed by atoms with Crippen molar-refractivity contribution in [2.24, 2.45) is 5.92 Å². The van der Waals surface area contributed by atoms with Gasteiger partial charge in [0.2, 0.25) is 0 Å². The first-order valence-electron chi connectivity index (χ1n) is 7.24. The summed E-state index contributed by atoms with van der Waals surface area (Å²) < 4.78 is 0. The normalized spacial score (nSPS) is 29.0. The van der Waals surface area contributed by atoms with E-state index in [-0.39, 0.29) is 11.9 Å². The molecule has 5 nitrogen and oxygen atoms in total. The van der Waals surface area contributed by atoms with Crippen LogP contribution in [0.5, 0.6) is 0 Å². The minimum Gasteiger partial charge on any atom is -0.305 e. The summed E-state index contributed by atoms with van der Waals surface area (Å²) in [5.74, 6) is 0.273. The molecule has 112 valence electrons. The lowest BCUT2D eigenvalue weighted by atomic mass is 9.75. The lowest BCUT2D eigenvalue weighted by Crippen LogP contribution is -2.52. The average molecular weight is 308 g/mol. The fraction of sp³-hybridized carbons (Fsp3) is 0.533. The molecule has 0 aromatic carbocycles. The second-order valence-electron chi connectivity index (χ2n) is 6.05. The lowest BCUT2D eigenvalue weighted by molar-refractivity contribution is -0.129. The number of halogens is 1. The highest BCUT2D eigenvalue weighted by molar-refractivity contribution is 6.31. The van der Waals surface area contributed by atoms with Gasteiger partial charge in [0.1, 0.15) is 5.54 Å². The molecule has 1 aromatic rings. The summed E-state index contributed by atoms with van der Waals surface area (Å²) in [6.07, 6.45) is 6.70. The number of carbonyl (C=O) groups excluding carboxylic acids is 2. The molecule has 1 saturated carbocycles. The second-order valence-corrected chi connectivity index (χ2v) is 6.45. The zero-order valence-corrected chi connectivity index (χ0v) is 12.7. The van der Waals surface area contributed by atoms with Crippen LogP contribution in [0.1, 0.15) is 38.2 Å². The van der Waals surface area contributed by atoms with Crippen molar-refractivity contribution in [1.29, 1.82) is 0 Å². The minimum absolute atomic E-state index is 0.163. The van der Waals surface area contributed by atoms with Crippen LogP contribution in [0.3, 0.4) is 0 Å². The molecule has 1 N–H and O–H groups in total. The molecule has 2 unspecified atom stereocenters. The number of urea groups is 1. The summed E-state index contributed by atoms with van der Waals surface area (Å²) in [6, 6.07) is 1.47. The number of hydrogen-bond donors (Lipinski definition) is 1. The van der Waals surface area contributed by atoms with E-state index < -0.39 is 5.54 Å². The van der Waals surface area contributed by atoms with Gasteiger partial charge in [-0.25, -0.2) is 4.79 Å². The molecule has 1 saturated heterocycles. The molecule has 1 aliphatic heterocycles. The molecular weight excluding hydrogens is 290 g/mol. The van der Waals surface area contributed by atoms with Crippen LogP contribution in [0.25, 0.3) is 0 Å². The van der Waals surface area contributed by atoms with E-state index in [1.807, 2.05) is 0 Å². The van der Waals surface area contributed by atoms with Crippen LogP contribution in [0.4, 0.5) is 4.79 Å². The number of carbonyl (C=O) groups is 2. The largest absolute Gasteiger partial charge is 0.325 e. The third-order valence-electron chi connectivity index (χ3n) is 4.56. The first kappa shape index (κ1) is 14.3. The van der Waals surface area contributed by atoms with E-state index in [0.717, 1.165) is 24.8 Å². The predicted octanol–water partition coefficient (Wildman–Crippen LogP) is 2.74. The van der Waals surface area contributed by atoms with E-state index in [1.165, 1.54) is 0 Å². The molecule has 6 heteroatoms. The Morgan fingerprint density at radius 3 is 3.05 bits per heavy atom. The van der Waals surface area contributed by atoms with E-state index in [9.17, 15) is 9.59 Å². The molecule has 2 fully saturated rings. The smallest absolute Gasteiger partial charge is 0.305 e. The molecule has 2 heterocycles. The molecule has 1 aliphatic carbocycles. The summed E-state index contributed by atoms with van der Waals surface area (Å²) in [7, 11) is 0. The molecule has 1 spiro atoms. The lowest BCUT2D eigenvalue weighted by Gasteiger charge is -2.40. The van der Waals surface area contributed by atoms with Gasteiger partial charge in [-0.1, -0.05) is 31.4 Å². The third kappa shape index (κ3) is 2.39. The van der Waals surface area contributed by atoms with Crippen molar-refractivity contribution in [2.45, 2.75) is 44.7 Å². The summed E-state index contributed by atoms with van der Waals surface area (Å²) in [4.78, 5) is 30.2. The van der Waals surface area contributed by atoms with Gasteiger partial charge in [-0.2, -0.15) is 0 Å². The Morgan fingerprint density at radius 1 is 1.52 bits per heavy atom. The number of pyridine rings is 1. The van der Waals surface area contributed by atoms with Gasteiger partial charge in [-0.15, -0.1) is 0 Å². The molecule has 2 aliphatic rings. The van der Waals surface area contributed by atoms with Crippen molar-refractivity contribution in [3.63, 3.8) is 0 Å². The van der Waals surface area contributed by atoms with E-state index in [0.29, 0.717) is 23.9 Å². The number of imide groups is 1. The summed E-state index contributed by atoms with van der Waals surface area (Å²) >= 11 is 6.14. The minimum atomic E-state index is -0.707. The van der Waals surface area contributed by atoms with Gasteiger partial charge in [0.15, 0.2) is 0 Å². The quantitative estimate of drug-likeness (QED) is 0.855. The zero-order chi connectivity index (χ0) is 15.0. The van der Waals surface area contributed by atoms with Crippen molar-refractivity contribution in [1.82, 2.24) is 15.2 Å². The SMILES string of the molecule is CC1CCCC2(C1)C(=O)NC(=O)N2Cc1ccncc1Cl. The van der Waals surface area contributed by atoms with Crippen LogP contribution in [0, 0.1) is 5.92 Å². The monoisotopic (exact) mass is 307 g/mol. The van der Waals surface area contributed by atoms with Crippen LogP contribution in [0.15, 0.2) is 18.5 Å². The Hall–Kier alpha value is -1.62. The maximum atomic E-state index is 12.4. The topological polar surface area (TPSA) is 62.3 Å². The highest BCUT2D eigenvalue weighted by Gasteiger charge is 2.54. The molecule has 3 rings (SSSR count). The molecule has 21 heavy (non-hydrogen) atoms. The molecule has 0 bridgehead atoms.